The van der Waals surface area contributed by atoms with E-state index >= 15 is 0 Å². The molecule has 0 spiro atoms. The molecule has 1 N–H and O–H groups in total. The van der Waals surface area contributed by atoms with Crippen molar-refractivity contribution in [3.63, 3.8) is 0 Å². The van der Waals surface area contributed by atoms with E-state index in [2.05, 4.69) is 30.6 Å². The standard InChI is InChI=1S/C13H20O/c1-2-3-4-5-6-7-8-9-10-11-12-13-14/h14H,2-8,13H2,1H3. The summed E-state index contributed by atoms with van der Waals surface area (Å²) < 4.78 is 0. The van der Waals surface area contributed by atoms with E-state index in [1.54, 1.807) is 0 Å². The largest absolute Gasteiger partial charge is 0.384 e. The van der Waals surface area contributed by atoms with Gasteiger partial charge in [-0.05, 0) is 18.3 Å². The first-order valence-corrected chi connectivity index (χ1v) is 5.48. The van der Waals surface area contributed by atoms with Gasteiger partial charge in [0.25, 0.3) is 0 Å². The molecule has 0 radical (unpaired) electrons. The van der Waals surface area contributed by atoms with Crippen molar-refractivity contribution in [1.29, 1.82) is 0 Å². The minimum absolute atomic E-state index is 0.0916. The van der Waals surface area contributed by atoms with Gasteiger partial charge in [0.15, 0.2) is 0 Å². The molecule has 0 amide bonds. The van der Waals surface area contributed by atoms with E-state index < -0.39 is 0 Å². The summed E-state index contributed by atoms with van der Waals surface area (Å²) in [6, 6.07) is 0. The maximum atomic E-state index is 8.35. The van der Waals surface area contributed by atoms with Crippen molar-refractivity contribution in [3.8, 4) is 23.7 Å². The van der Waals surface area contributed by atoms with Crippen LogP contribution < -0.4 is 0 Å². The van der Waals surface area contributed by atoms with Crippen molar-refractivity contribution < 1.29 is 5.11 Å². The van der Waals surface area contributed by atoms with Crippen LogP contribution in [0.4, 0.5) is 0 Å². The molecule has 0 aliphatic carbocycles. The van der Waals surface area contributed by atoms with E-state index in [1.807, 2.05) is 0 Å². The molecular weight excluding hydrogens is 172 g/mol. The van der Waals surface area contributed by atoms with Crippen LogP contribution in [0.25, 0.3) is 0 Å². The van der Waals surface area contributed by atoms with Crippen LogP contribution in [0.3, 0.4) is 0 Å². The molecular formula is C13H20O. The van der Waals surface area contributed by atoms with E-state index in [1.165, 1.54) is 38.5 Å². The zero-order chi connectivity index (χ0) is 10.5. The van der Waals surface area contributed by atoms with E-state index in [0.717, 1.165) is 6.42 Å². The first kappa shape index (κ1) is 13.1. The number of rotatable bonds is 6. The van der Waals surface area contributed by atoms with Crippen molar-refractivity contribution >= 4 is 0 Å². The van der Waals surface area contributed by atoms with E-state index in [-0.39, 0.29) is 6.61 Å². The maximum absolute atomic E-state index is 8.35. The van der Waals surface area contributed by atoms with Crippen molar-refractivity contribution in [2.45, 2.75) is 51.9 Å². The third-order valence-corrected chi connectivity index (χ3v) is 1.97. The highest BCUT2D eigenvalue weighted by atomic mass is 16.2. The maximum Gasteiger partial charge on any atom is 0.105 e. The summed E-state index contributed by atoms with van der Waals surface area (Å²) in [6.07, 6.45) is 8.74. The lowest BCUT2D eigenvalue weighted by molar-refractivity contribution is 0.350. The van der Waals surface area contributed by atoms with Crippen molar-refractivity contribution in [1.82, 2.24) is 0 Å². The highest BCUT2D eigenvalue weighted by molar-refractivity contribution is 5.25. The third kappa shape index (κ3) is 11.1. The van der Waals surface area contributed by atoms with Gasteiger partial charge >= 0.3 is 0 Å². The highest BCUT2D eigenvalue weighted by Gasteiger charge is 1.87. The third-order valence-electron chi connectivity index (χ3n) is 1.97. The molecule has 1 nitrogen and oxygen atoms in total. The monoisotopic (exact) mass is 192 g/mol. The zero-order valence-electron chi connectivity index (χ0n) is 9.10. The molecule has 0 bridgehead atoms. The summed E-state index contributed by atoms with van der Waals surface area (Å²) in [7, 11) is 0. The van der Waals surface area contributed by atoms with Gasteiger partial charge < -0.3 is 5.11 Å². The lowest BCUT2D eigenvalue weighted by Crippen LogP contribution is -1.77. The quantitative estimate of drug-likeness (QED) is 0.507. The predicted octanol–water partition coefficient (Wildman–Crippen LogP) is 2.74. The minimum Gasteiger partial charge on any atom is -0.384 e. The Morgan fingerprint density at radius 3 is 2.21 bits per heavy atom. The number of hydrogen-bond donors (Lipinski definition) is 1. The number of hydrogen-bond acceptors (Lipinski definition) is 1. The van der Waals surface area contributed by atoms with Crippen LogP contribution in [0, 0.1) is 23.7 Å². The van der Waals surface area contributed by atoms with Gasteiger partial charge in [-0.2, -0.15) is 0 Å². The van der Waals surface area contributed by atoms with Gasteiger partial charge in [0.1, 0.15) is 6.61 Å². The molecule has 0 aromatic carbocycles. The van der Waals surface area contributed by atoms with Gasteiger partial charge in [-0.3, -0.25) is 0 Å². The number of aliphatic hydroxyl groups is 1. The smallest absolute Gasteiger partial charge is 0.105 e. The fourth-order valence-electron chi connectivity index (χ4n) is 1.18. The molecule has 0 saturated heterocycles. The van der Waals surface area contributed by atoms with Gasteiger partial charge in [0.05, 0.1) is 0 Å². The van der Waals surface area contributed by atoms with Crippen LogP contribution in [0.1, 0.15) is 51.9 Å². The molecule has 14 heavy (non-hydrogen) atoms. The Bertz CT molecular complexity index is 221. The predicted molar refractivity (Wildman–Crippen MR) is 60.6 cm³/mol. The topological polar surface area (TPSA) is 20.2 Å². The Labute approximate surface area is 87.9 Å². The summed E-state index contributed by atoms with van der Waals surface area (Å²) in [5.74, 6) is 10.8. The normalized spacial score (nSPS) is 8.43. The SMILES string of the molecule is CCCCCCCCC#CC#CCO. The second-order valence-electron chi connectivity index (χ2n) is 3.28. The Morgan fingerprint density at radius 1 is 0.857 bits per heavy atom. The fourth-order valence-corrected chi connectivity index (χ4v) is 1.18. The molecule has 0 saturated carbocycles. The van der Waals surface area contributed by atoms with Crippen molar-refractivity contribution in [3.05, 3.63) is 0 Å². The molecule has 0 aromatic rings. The van der Waals surface area contributed by atoms with Gasteiger partial charge in [-0.15, -0.1) is 0 Å². The molecule has 78 valence electrons. The summed E-state index contributed by atoms with van der Waals surface area (Å²) in [5.41, 5.74) is 0. The minimum atomic E-state index is -0.0916. The van der Waals surface area contributed by atoms with Gasteiger partial charge in [0.2, 0.25) is 0 Å². The first-order valence-electron chi connectivity index (χ1n) is 5.48. The molecule has 0 aliphatic heterocycles. The fraction of sp³-hybridized carbons (Fsp3) is 0.692. The Hall–Kier alpha value is -0.920. The van der Waals surface area contributed by atoms with Crippen LogP contribution in [0.5, 0.6) is 0 Å². The van der Waals surface area contributed by atoms with E-state index in [4.69, 9.17) is 5.11 Å². The number of aliphatic hydroxyl groups excluding tert-OH is 1. The Kier molecular flexibility index (Phi) is 11.3. The average Bonchev–Trinajstić information content (AvgIpc) is 2.21. The molecule has 0 atom stereocenters. The lowest BCUT2D eigenvalue weighted by atomic mass is 10.1. The highest BCUT2D eigenvalue weighted by Crippen LogP contribution is 2.05. The van der Waals surface area contributed by atoms with Crippen molar-refractivity contribution in [2.24, 2.45) is 0 Å². The molecule has 0 unspecified atom stereocenters. The summed E-state index contributed by atoms with van der Waals surface area (Å²) in [6.45, 7) is 2.14. The molecule has 0 aliphatic rings. The molecule has 0 aromatic heterocycles. The Balaban J connectivity index is 3.15. The van der Waals surface area contributed by atoms with Crippen LogP contribution in [-0.2, 0) is 0 Å². The summed E-state index contributed by atoms with van der Waals surface area (Å²) >= 11 is 0. The molecule has 0 fully saturated rings. The average molecular weight is 192 g/mol. The van der Waals surface area contributed by atoms with Crippen LogP contribution in [0.15, 0.2) is 0 Å². The van der Waals surface area contributed by atoms with E-state index in [0.29, 0.717) is 0 Å². The Morgan fingerprint density at radius 2 is 1.50 bits per heavy atom. The van der Waals surface area contributed by atoms with Gasteiger partial charge in [-0.25, -0.2) is 0 Å². The molecule has 0 rings (SSSR count). The van der Waals surface area contributed by atoms with Crippen LogP contribution in [0.2, 0.25) is 0 Å². The van der Waals surface area contributed by atoms with Gasteiger partial charge in [0, 0.05) is 6.42 Å². The molecule has 1 heteroatoms. The lowest BCUT2D eigenvalue weighted by Gasteiger charge is -1.96. The van der Waals surface area contributed by atoms with Gasteiger partial charge in [-0.1, -0.05) is 50.9 Å². The zero-order valence-corrected chi connectivity index (χ0v) is 9.10. The van der Waals surface area contributed by atoms with Crippen LogP contribution >= 0.6 is 0 Å². The second-order valence-corrected chi connectivity index (χ2v) is 3.28. The summed E-state index contributed by atoms with van der Waals surface area (Å²) in [5, 5.41) is 8.35. The van der Waals surface area contributed by atoms with Crippen molar-refractivity contribution in [2.75, 3.05) is 6.61 Å². The second kappa shape index (κ2) is 12.1. The van der Waals surface area contributed by atoms with Crippen LogP contribution in [-0.4, -0.2) is 11.7 Å². The summed E-state index contributed by atoms with van der Waals surface area (Å²) in [4.78, 5) is 0. The number of unbranched alkanes of at least 4 members (excludes halogenated alkanes) is 6. The molecule has 0 heterocycles. The van der Waals surface area contributed by atoms with E-state index in [9.17, 15) is 0 Å². The first-order chi connectivity index (χ1) is 6.91.